The van der Waals surface area contributed by atoms with E-state index in [0.717, 1.165) is 84.2 Å². The maximum atomic E-state index is 8.77. The minimum atomic E-state index is -1.65. The standard InChI is InChI=1S/C27H27N2OSi.C26H17N2.Ir/c1-16(2)22-14-23(28-15-24(22)31(4,5)6)20-12-9-13-21-25-19-11-8-7-10-18(19)17(3)29-27(25)30-26(20)21;1-2-8-19(9-3-1)26-27-23-14-4-5-15-24(23)28(26)22-16-20-12-6-10-18-11-7-13-21(17-22)25(18)20;/h7-11,13-16H,1-6H3;1-8,10,12-17H,11H2;/q2*-1;/i16D;;. The summed E-state index contributed by atoms with van der Waals surface area (Å²) in [5.74, 6) is 0.202. The molecule has 10 aromatic rings. The number of rotatable bonds is 5. The van der Waals surface area contributed by atoms with Gasteiger partial charge in [0, 0.05) is 49.8 Å². The summed E-state index contributed by atoms with van der Waals surface area (Å²) in [6.45, 7) is 12.8. The van der Waals surface area contributed by atoms with Crippen LogP contribution in [0.4, 0.5) is 0 Å². The molecule has 4 heterocycles. The van der Waals surface area contributed by atoms with E-state index in [1.807, 2.05) is 69.4 Å². The fraction of sp³-hybridized carbons (Fsp3) is 0.151. The Kier molecular flexibility index (Phi) is 9.91. The van der Waals surface area contributed by atoms with Gasteiger partial charge in [-0.3, -0.25) is 4.98 Å². The van der Waals surface area contributed by atoms with Crippen LogP contribution in [0.2, 0.25) is 19.6 Å². The molecule has 0 spiro atoms. The van der Waals surface area contributed by atoms with Crippen molar-refractivity contribution < 1.29 is 25.9 Å². The molecule has 7 heteroatoms. The predicted molar refractivity (Wildman–Crippen MR) is 248 cm³/mol. The molecular weight excluding hydrogens is 929 g/mol. The molecule has 11 rings (SSSR count). The first-order valence-electron chi connectivity index (χ1n) is 20.7. The van der Waals surface area contributed by atoms with Crippen molar-refractivity contribution in [1.82, 2.24) is 19.5 Å². The van der Waals surface area contributed by atoms with Crippen molar-refractivity contribution in [2.45, 2.75) is 52.7 Å². The molecule has 0 bridgehead atoms. The van der Waals surface area contributed by atoms with Gasteiger partial charge in [-0.25, -0.2) is 4.98 Å². The van der Waals surface area contributed by atoms with Crippen LogP contribution in [-0.4, -0.2) is 27.6 Å². The number of hydrogen-bond acceptors (Lipinski definition) is 4. The molecule has 0 saturated carbocycles. The Morgan fingerprint density at radius 3 is 2.40 bits per heavy atom. The smallest absolute Gasteiger partial charge is 0.216 e. The fourth-order valence-corrected chi connectivity index (χ4v) is 10.3. The van der Waals surface area contributed by atoms with Gasteiger partial charge in [0.1, 0.15) is 0 Å². The quantitative estimate of drug-likeness (QED) is 0.127. The third-order valence-electron chi connectivity index (χ3n) is 11.5. The van der Waals surface area contributed by atoms with Gasteiger partial charge in [-0.1, -0.05) is 123 Å². The van der Waals surface area contributed by atoms with Gasteiger partial charge >= 0.3 is 0 Å². The van der Waals surface area contributed by atoms with Crippen LogP contribution >= 0.6 is 0 Å². The van der Waals surface area contributed by atoms with Crippen molar-refractivity contribution in [1.29, 1.82) is 0 Å². The van der Waals surface area contributed by atoms with Gasteiger partial charge in [0.25, 0.3) is 0 Å². The minimum Gasteiger partial charge on any atom is -0.486 e. The van der Waals surface area contributed by atoms with Gasteiger partial charge in [0.05, 0.1) is 30.5 Å². The first-order chi connectivity index (χ1) is 28.9. The molecule has 6 aromatic carbocycles. The Morgan fingerprint density at radius 1 is 0.800 bits per heavy atom. The summed E-state index contributed by atoms with van der Waals surface area (Å²) in [6.07, 6.45) is 7.47. The first-order valence-corrected chi connectivity index (χ1v) is 23.7. The summed E-state index contributed by atoms with van der Waals surface area (Å²) >= 11 is 0. The van der Waals surface area contributed by atoms with E-state index in [2.05, 4.69) is 127 Å². The topological polar surface area (TPSA) is 56.7 Å². The third-order valence-corrected chi connectivity index (χ3v) is 13.5. The van der Waals surface area contributed by atoms with E-state index >= 15 is 0 Å². The summed E-state index contributed by atoms with van der Waals surface area (Å²) < 4.78 is 17.4. The number of benzene rings is 6. The van der Waals surface area contributed by atoms with Crippen LogP contribution in [0.3, 0.4) is 0 Å². The average Bonchev–Trinajstić information content (AvgIpc) is 3.83. The molecule has 0 fully saturated rings. The number of para-hydroxylation sites is 2. The molecule has 0 aliphatic heterocycles. The Morgan fingerprint density at radius 2 is 1.60 bits per heavy atom. The van der Waals surface area contributed by atoms with Crippen molar-refractivity contribution in [2.75, 3.05) is 0 Å². The van der Waals surface area contributed by atoms with E-state index in [0.29, 0.717) is 5.71 Å². The Labute approximate surface area is 366 Å². The largest absolute Gasteiger partial charge is 0.486 e. The Balaban J connectivity index is 0.000000155. The third kappa shape index (κ3) is 6.81. The fourth-order valence-electron chi connectivity index (χ4n) is 8.68. The summed E-state index contributed by atoms with van der Waals surface area (Å²) in [6, 6.07) is 48.6. The molecule has 4 aromatic heterocycles. The number of furan rings is 1. The van der Waals surface area contributed by atoms with Crippen LogP contribution in [0.25, 0.3) is 89.1 Å². The number of fused-ring (bicyclic) bond motifs is 6. The first kappa shape index (κ1) is 38.2. The molecule has 0 N–H and O–H groups in total. The van der Waals surface area contributed by atoms with E-state index < -0.39 is 14.0 Å². The summed E-state index contributed by atoms with van der Waals surface area (Å²) in [4.78, 5) is 14.5. The van der Waals surface area contributed by atoms with Gasteiger partial charge in [-0.15, -0.1) is 54.1 Å². The number of hydrogen-bond donors (Lipinski definition) is 0. The van der Waals surface area contributed by atoms with Gasteiger partial charge in [0.2, 0.25) is 5.71 Å². The maximum Gasteiger partial charge on any atom is 0.216 e. The number of nitrogens with zero attached hydrogens (tertiary/aromatic N) is 4. The molecular formula is C53H44IrN4OSi-2. The number of aromatic nitrogens is 4. The zero-order chi connectivity index (χ0) is 41.3. The van der Waals surface area contributed by atoms with E-state index in [1.165, 1.54) is 27.1 Å². The Hall–Kier alpha value is -5.98. The molecule has 0 atom stereocenters. The molecule has 0 amide bonds. The number of pyridine rings is 2. The van der Waals surface area contributed by atoms with Gasteiger partial charge < -0.3 is 14.0 Å². The van der Waals surface area contributed by atoms with E-state index in [4.69, 9.17) is 20.7 Å². The molecule has 1 radical (unpaired) electrons. The normalized spacial score (nSPS) is 12.8. The van der Waals surface area contributed by atoms with Crippen LogP contribution in [0.1, 0.15) is 43.5 Å². The number of imidazole rings is 1. The molecule has 0 saturated heterocycles. The minimum absolute atomic E-state index is 0. The summed E-state index contributed by atoms with van der Waals surface area (Å²) in [7, 11) is -1.65. The van der Waals surface area contributed by atoms with Crippen LogP contribution < -0.4 is 5.19 Å². The summed E-state index contributed by atoms with van der Waals surface area (Å²) in [5, 5.41) is 8.17. The molecule has 0 unspecified atom stereocenters. The van der Waals surface area contributed by atoms with Crippen molar-refractivity contribution in [3.05, 3.63) is 168 Å². The van der Waals surface area contributed by atoms with Crippen LogP contribution in [0.5, 0.6) is 0 Å². The molecule has 1 aliphatic carbocycles. The van der Waals surface area contributed by atoms with Crippen molar-refractivity contribution in [3.8, 4) is 28.3 Å². The monoisotopic (exact) mass is 974 g/mol. The molecule has 297 valence electrons. The number of allylic oxidation sites excluding steroid dienone is 1. The van der Waals surface area contributed by atoms with E-state index in [-0.39, 0.29) is 20.1 Å². The summed E-state index contributed by atoms with van der Waals surface area (Å²) in [5.41, 5.74) is 11.9. The van der Waals surface area contributed by atoms with Crippen molar-refractivity contribution in [2.24, 2.45) is 0 Å². The van der Waals surface area contributed by atoms with Gasteiger partial charge in [-0.05, 0) is 81.7 Å². The van der Waals surface area contributed by atoms with Crippen molar-refractivity contribution in [3.63, 3.8) is 0 Å². The van der Waals surface area contributed by atoms with Crippen LogP contribution in [-0.2, 0) is 26.5 Å². The Bertz CT molecular complexity index is 3340. The molecule has 5 nitrogen and oxygen atoms in total. The van der Waals surface area contributed by atoms with Crippen LogP contribution in [0.15, 0.2) is 138 Å². The second kappa shape index (κ2) is 15.6. The van der Waals surface area contributed by atoms with E-state index in [1.54, 1.807) is 0 Å². The SMILES string of the molecule is [2H]C(C)(C)c1cc(-c2[c-]ccc3c2oc2nc(C)c4ccccc4c23)ncc1[Si](C)(C)C.[Ir].[c-]1ccccc1-c1nc2ccccc2n1-c1cc2c3c(cccc3c1)CC=C2. The predicted octanol–water partition coefficient (Wildman–Crippen LogP) is 13.2. The molecule has 60 heavy (non-hydrogen) atoms. The van der Waals surface area contributed by atoms with Crippen molar-refractivity contribution >= 4 is 74.0 Å². The second-order valence-electron chi connectivity index (χ2n) is 16.7. The zero-order valence-electron chi connectivity index (χ0n) is 35.5. The maximum absolute atomic E-state index is 8.77. The van der Waals surface area contributed by atoms with Gasteiger partial charge in [0.15, 0.2) is 0 Å². The van der Waals surface area contributed by atoms with Crippen LogP contribution in [0, 0.1) is 19.1 Å². The second-order valence-corrected chi connectivity index (χ2v) is 21.7. The zero-order valence-corrected chi connectivity index (χ0v) is 37.9. The van der Waals surface area contributed by atoms with Gasteiger partial charge in [-0.2, -0.15) is 0 Å². The number of aryl methyl sites for hydroxylation is 1. The average molecular weight is 974 g/mol. The molecule has 1 aliphatic rings. The van der Waals surface area contributed by atoms with E-state index in [9.17, 15) is 0 Å².